The van der Waals surface area contributed by atoms with Gasteiger partial charge in [-0.05, 0) is 25.1 Å². The third-order valence-electron chi connectivity index (χ3n) is 3.85. The molecule has 3 rings (SSSR count). The second-order valence-electron chi connectivity index (χ2n) is 6.19. The number of carbonyl (C=O) groups excluding carboxylic acids is 1. The van der Waals surface area contributed by atoms with Crippen LogP contribution in [0.4, 0.5) is 10.8 Å². The molecular formula is C18H16Cl2N4O3S2. The molecule has 0 spiro atoms. The lowest BCUT2D eigenvalue weighted by Gasteiger charge is -2.21. The Bertz CT molecular complexity index is 1150. The molecule has 1 N–H and O–H groups in total. The molecule has 0 aliphatic heterocycles. The fourth-order valence-electron chi connectivity index (χ4n) is 2.42. The fraction of sp³-hybridized carbons (Fsp3) is 0.167. The van der Waals surface area contributed by atoms with Gasteiger partial charge in [-0.2, -0.15) is 0 Å². The first-order chi connectivity index (χ1) is 13.6. The van der Waals surface area contributed by atoms with Crippen LogP contribution >= 0.6 is 34.5 Å². The summed E-state index contributed by atoms with van der Waals surface area (Å²) in [6, 6.07) is 12.1. The Morgan fingerprint density at radius 3 is 2.41 bits per heavy atom. The van der Waals surface area contributed by atoms with E-state index >= 15 is 0 Å². The lowest BCUT2D eigenvalue weighted by Crippen LogP contribution is -2.37. The monoisotopic (exact) mass is 470 g/mol. The molecule has 7 nitrogen and oxygen atoms in total. The van der Waals surface area contributed by atoms with Gasteiger partial charge in [0.2, 0.25) is 21.1 Å². The summed E-state index contributed by atoms with van der Waals surface area (Å²) in [7, 11) is -3.74. The molecule has 152 valence electrons. The summed E-state index contributed by atoms with van der Waals surface area (Å²) in [6.07, 6.45) is 1.00. The molecule has 0 aliphatic rings. The third kappa shape index (κ3) is 5.45. The molecule has 0 bridgehead atoms. The Morgan fingerprint density at radius 2 is 1.79 bits per heavy atom. The molecule has 29 heavy (non-hydrogen) atoms. The molecule has 0 saturated carbocycles. The van der Waals surface area contributed by atoms with Crippen LogP contribution < -0.4 is 9.62 Å². The molecule has 2 aromatic carbocycles. The molecule has 11 heteroatoms. The highest BCUT2D eigenvalue weighted by Gasteiger charge is 2.22. The van der Waals surface area contributed by atoms with Gasteiger partial charge in [-0.15, -0.1) is 10.2 Å². The minimum atomic E-state index is -3.74. The number of hydrogen-bond donors (Lipinski definition) is 1. The van der Waals surface area contributed by atoms with Gasteiger partial charge in [0.05, 0.1) is 22.0 Å². The first-order valence-corrected chi connectivity index (χ1v) is 11.7. The van der Waals surface area contributed by atoms with Crippen LogP contribution in [-0.2, 0) is 14.8 Å². The Morgan fingerprint density at radius 1 is 1.10 bits per heavy atom. The van der Waals surface area contributed by atoms with Crippen molar-refractivity contribution >= 4 is 61.3 Å². The van der Waals surface area contributed by atoms with Gasteiger partial charge in [0, 0.05) is 5.56 Å². The van der Waals surface area contributed by atoms with Crippen molar-refractivity contribution in [1.82, 2.24) is 10.2 Å². The van der Waals surface area contributed by atoms with E-state index in [9.17, 15) is 13.2 Å². The molecular weight excluding hydrogens is 455 g/mol. The maximum absolute atomic E-state index is 12.4. The van der Waals surface area contributed by atoms with E-state index < -0.39 is 22.5 Å². The van der Waals surface area contributed by atoms with E-state index in [0.29, 0.717) is 5.01 Å². The summed E-state index contributed by atoms with van der Waals surface area (Å²) in [5.41, 5.74) is 2.23. The van der Waals surface area contributed by atoms with Crippen LogP contribution in [0.25, 0.3) is 10.6 Å². The predicted octanol–water partition coefficient (Wildman–Crippen LogP) is 4.23. The number of sulfonamides is 1. The van der Waals surface area contributed by atoms with Crippen molar-refractivity contribution in [3.8, 4) is 10.6 Å². The highest BCUT2D eigenvalue weighted by molar-refractivity contribution is 7.92. The fourth-order valence-corrected chi connectivity index (χ4v) is 4.32. The normalized spacial score (nSPS) is 11.3. The molecule has 3 aromatic rings. The first-order valence-electron chi connectivity index (χ1n) is 8.26. The van der Waals surface area contributed by atoms with Crippen LogP contribution in [0.5, 0.6) is 0 Å². The number of nitrogens with zero attached hydrogens (tertiary/aromatic N) is 3. The molecule has 0 fully saturated rings. The summed E-state index contributed by atoms with van der Waals surface area (Å²) in [5.74, 6) is -0.562. The summed E-state index contributed by atoms with van der Waals surface area (Å²) >= 11 is 13.0. The average molecular weight is 471 g/mol. The molecule has 1 heterocycles. The summed E-state index contributed by atoms with van der Waals surface area (Å²) in [5, 5.41) is 12.0. The Balaban J connectivity index is 1.75. The largest absolute Gasteiger partial charge is 0.299 e. The van der Waals surface area contributed by atoms with Crippen molar-refractivity contribution in [2.75, 3.05) is 22.4 Å². The van der Waals surface area contributed by atoms with Crippen molar-refractivity contribution in [2.45, 2.75) is 6.92 Å². The van der Waals surface area contributed by atoms with Gasteiger partial charge in [0.25, 0.3) is 0 Å². The summed E-state index contributed by atoms with van der Waals surface area (Å²) in [4.78, 5) is 12.4. The summed E-state index contributed by atoms with van der Waals surface area (Å²) in [6.45, 7) is 1.53. The third-order valence-corrected chi connectivity index (χ3v) is 6.62. The molecule has 0 radical (unpaired) electrons. The van der Waals surface area contributed by atoms with E-state index in [1.54, 1.807) is 0 Å². The highest BCUT2D eigenvalue weighted by atomic mass is 35.5. The molecule has 1 aromatic heterocycles. The van der Waals surface area contributed by atoms with E-state index in [1.807, 2.05) is 31.2 Å². The summed E-state index contributed by atoms with van der Waals surface area (Å²) < 4.78 is 25.3. The Kier molecular flexibility index (Phi) is 6.42. The number of aryl methyl sites for hydroxylation is 1. The van der Waals surface area contributed by atoms with E-state index in [0.717, 1.165) is 21.7 Å². The molecule has 0 aliphatic carbocycles. The van der Waals surface area contributed by atoms with Crippen LogP contribution in [-0.4, -0.2) is 37.3 Å². The van der Waals surface area contributed by atoms with Crippen molar-refractivity contribution in [1.29, 1.82) is 0 Å². The topological polar surface area (TPSA) is 92.3 Å². The molecule has 0 atom stereocenters. The van der Waals surface area contributed by atoms with E-state index in [-0.39, 0.29) is 20.9 Å². The van der Waals surface area contributed by atoms with Gasteiger partial charge in [0.1, 0.15) is 11.6 Å². The number of aromatic nitrogens is 2. The number of carbonyl (C=O) groups is 1. The number of hydrogen-bond acceptors (Lipinski definition) is 6. The van der Waals surface area contributed by atoms with E-state index in [2.05, 4.69) is 15.5 Å². The highest BCUT2D eigenvalue weighted by Crippen LogP contribution is 2.29. The number of halogens is 2. The van der Waals surface area contributed by atoms with Crippen molar-refractivity contribution in [3.05, 3.63) is 58.1 Å². The van der Waals surface area contributed by atoms with Crippen LogP contribution in [0.15, 0.2) is 42.5 Å². The second-order valence-corrected chi connectivity index (χ2v) is 9.89. The van der Waals surface area contributed by atoms with Gasteiger partial charge in [-0.1, -0.05) is 64.4 Å². The minimum absolute atomic E-state index is 0.185. The van der Waals surface area contributed by atoms with Gasteiger partial charge in [-0.3, -0.25) is 14.4 Å². The first kappa shape index (κ1) is 21.5. The number of rotatable bonds is 6. The Labute approximate surface area is 182 Å². The zero-order valence-electron chi connectivity index (χ0n) is 15.4. The zero-order valence-corrected chi connectivity index (χ0v) is 18.5. The maximum atomic E-state index is 12.4. The Hall–Kier alpha value is -2.20. The maximum Gasteiger partial charge on any atom is 0.246 e. The number of anilines is 2. The van der Waals surface area contributed by atoms with Gasteiger partial charge in [0.15, 0.2) is 0 Å². The molecule has 0 saturated heterocycles. The van der Waals surface area contributed by atoms with Crippen LogP contribution in [0.2, 0.25) is 10.0 Å². The predicted molar refractivity (Wildman–Crippen MR) is 117 cm³/mol. The molecule has 1 amide bonds. The van der Waals surface area contributed by atoms with E-state index in [4.69, 9.17) is 23.2 Å². The lowest BCUT2D eigenvalue weighted by molar-refractivity contribution is -0.114. The van der Waals surface area contributed by atoms with E-state index in [1.165, 1.54) is 29.5 Å². The second kappa shape index (κ2) is 8.66. The van der Waals surface area contributed by atoms with Crippen LogP contribution in [0.3, 0.4) is 0 Å². The number of amides is 1. The smallest absolute Gasteiger partial charge is 0.246 e. The lowest BCUT2D eigenvalue weighted by atomic mass is 10.2. The van der Waals surface area contributed by atoms with Crippen molar-refractivity contribution in [3.63, 3.8) is 0 Å². The zero-order chi connectivity index (χ0) is 21.2. The quantitative estimate of drug-likeness (QED) is 0.581. The van der Waals surface area contributed by atoms with Gasteiger partial charge >= 0.3 is 0 Å². The van der Waals surface area contributed by atoms with Gasteiger partial charge in [-0.25, -0.2) is 8.42 Å². The van der Waals surface area contributed by atoms with Crippen molar-refractivity contribution < 1.29 is 13.2 Å². The average Bonchev–Trinajstić information content (AvgIpc) is 3.10. The number of benzene rings is 2. The van der Waals surface area contributed by atoms with Crippen LogP contribution in [0, 0.1) is 6.92 Å². The minimum Gasteiger partial charge on any atom is -0.299 e. The molecule has 0 unspecified atom stereocenters. The van der Waals surface area contributed by atoms with Gasteiger partial charge < -0.3 is 0 Å². The number of nitrogens with one attached hydrogen (secondary N) is 1. The SMILES string of the molecule is Cc1ccc(-c2nnc(NC(=O)CN(c3ccc(Cl)c(Cl)c3)S(C)(=O)=O)s2)cc1. The van der Waals surface area contributed by atoms with Crippen molar-refractivity contribution in [2.24, 2.45) is 0 Å². The standard InChI is InChI=1S/C18H16Cl2N4O3S2/c1-11-3-5-12(6-4-11)17-22-23-18(28-17)21-16(25)10-24(29(2,26)27)13-7-8-14(19)15(20)9-13/h3-9H,10H2,1-2H3,(H,21,23,25). The van der Waals surface area contributed by atoms with Crippen LogP contribution in [0.1, 0.15) is 5.56 Å².